The lowest BCUT2D eigenvalue weighted by Gasteiger charge is -2.06. The van der Waals surface area contributed by atoms with Crippen LogP contribution < -0.4 is 5.73 Å². The number of rotatable bonds is 3. The maximum Gasteiger partial charge on any atom is 0.146 e. The Labute approximate surface area is 128 Å². The molecule has 0 unspecified atom stereocenters. The van der Waals surface area contributed by atoms with Gasteiger partial charge in [-0.05, 0) is 44.9 Å². The van der Waals surface area contributed by atoms with Crippen LogP contribution in [0.4, 0.5) is 5.82 Å². The molecule has 0 aromatic carbocycles. The normalized spacial score (nSPS) is 11.4. The van der Waals surface area contributed by atoms with Crippen molar-refractivity contribution in [3.63, 3.8) is 0 Å². The SMILES string of the molecule is CCc1ccc(Cn2c(C)c(C)c3c(N)nc(C)nc32)s1. The highest BCUT2D eigenvalue weighted by atomic mass is 32.1. The first-order valence-electron chi connectivity index (χ1n) is 7.18. The largest absolute Gasteiger partial charge is 0.383 e. The van der Waals surface area contributed by atoms with Crippen LogP contribution in [0.3, 0.4) is 0 Å². The molecule has 0 saturated heterocycles. The molecule has 0 saturated carbocycles. The van der Waals surface area contributed by atoms with Gasteiger partial charge in [-0.3, -0.25) is 0 Å². The summed E-state index contributed by atoms with van der Waals surface area (Å²) in [6.07, 6.45) is 1.09. The Bertz CT molecular complexity index is 813. The second-order valence-corrected chi connectivity index (χ2v) is 6.63. The Morgan fingerprint density at radius 3 is 2.52 bits per heavy atom. The van der Waals surface area contributed by atoms with E-state index >= 15 is 0 Å². The molecule has 0 aliphatic carbocycles. The Kier molecular flexibility index (Phi) is 3.45. The lowest BCUT2D eigenvalue weighted by molar-refractivity contribution is 0.799. The van der Waals surface area contributed by atoms with Crippen molar-refractivity contribution in [1.29, 1.82) is 0 Å². The minimum atomic E-state index is 0.581. The molecule has 21 heavy (non-hydrogen) atoms. The molecule has 0 amide bonds. The van der Waals surface area contributed by atoms with E-state index in [1.165, 1.54) is 21.0 Å². The van der Waals surface area contributed by atoms with Gasteiger partial charge in [0.2, 0.25) is 0 Å². The summed E-state index contributed by atoms with van der Waals surface area (Å²) in [4.78, 5) is 11.7. The Morgan fingerprint density at radius 2 is 1.86 bits per heavy atom. The molecular weight excluding hydrogens is 280 g/mol. The average molecular weight is 300 g/mol. The molecule has 3 rings (SSSR count). The summed E-state index contributed by atoms with van der Waals surface area (Å²) in [6.45, 7) is 9.14. The van der Waals surface area contributed by atoms with Crippen molar-refractivity contribution in [1.82, 2.24) is 14.5 Å². The summed E-state index contributed by atoms with van der Waals surface area (Å²) in [7, 11) is 0. The summed E-state index contributed by atoms with van der Waals surface area (Å²) in [5.74, 6) is 1.30. The van der Waals surface area contributed by atoms with Gasteiger partial charge in [0.15, 0.2) is 0 Å². The number of hydrogen-bond acceptors (Lipinski definition) is 4. The second kappa shape index (κ2) is 5.15. The molecule has 2 N–H and O–H groups in total. The molecular formula is C16H20N4S. The summed E-state index contributed by atoms with van der Waals surface area (Å²) in [5.41, 5.74) is 9.43. The van der Waals surface area contributed by atoms with Gasteiger partial charge in [-0.2, -0.15) is 0 Å². The molecule has 3 aromatic heterocycles. The molecule has 0 fully saturated rings. The van der Waals surface area contributed by atoms with E-state index in [9.17, 15) is 0 Å². The van der Waals surface area contributed by atoms with Crippen molar-refractivity contribution >= 4 is 28.2 Å². The number of aromatic nitrogens is 3. The fourth-order valence-electron chi connectivity index (χ4n) is 2.72. The van der Waals surface area contributed by atoms with Crippen LogP contribution in [0.25, 0.3) is 11.0 Å². The highest BCUT2D eigenvalue weighted by molar-refractivity contribution is 7.11. The van der Waals surface area contributed by atoms with Crippen LogP contribution in [0, 0.1) is 20.8 Å². The first-order chi connectivity index (χ1) is 10.0. The first kappa shape index (κ1) is 14.1. The van der Waals surface area contributed by atoms with Gasteiger partial charge in [0.05, 0.1) is 11.9 Å². The number of anilines is 1. The van der Waals surface area contributed by atoms with Gasteiger partial charge in [0.1, 0.15) is 17.3 Å². The van der Waals surface area contributed by atoms with Crippen LogP contribution >= 0.6 is 11.3 Å². The molecule has 0 aliphatic rings. The number of aryl methyl sites for hydroxylation is 3. The number of fused-ring (bicyclic) bond motifs is 1. The molecule has 3 heterocycles. The predicted octanol–water partition coefficient (Wildman–Crippen LogP) is 3.61. The van der Waals surface area contributed by atoms with Crippen LogP contribution in [0.1, 0.15) is 33.8 Å². The summed E-state index contributed by atoms with van der Waals surface area (Å²) in [5, 5.41) is 0.991. The van der Waals surface area contributed by atoms with Gasteiger partial charge >= 0.3 is 0 Å². The number of nitrogens with two attached hydrogens (primary N) is 1. The zero-order valence-corrected chi connectivity index (χ0v) is 13.7. The molecule has 0 spiro atoms. The number of nitrogens with zero attached hydrogens (tertiary/aromatic N) is 3. The Hall–Kier alpha value is -1.88. The van der Waals surface area contributed by atoms with Gasteiger partial charge < -0.3 is 10.3 Å². The standard InChI is InChI=1S/C16H20N4S/c1-5-12-6-7-13(21-12)8-20-10(3)9(2)14-15(17)18-11(4)19-16(14)20/h6-7H,5,8H2,1-4H3,(H2,17,18,19). The third-order valence-electron chi connectivity index (χ3n) is 3.99. The Morgan fingerprint density at radius 1 is 1.14 bits per heavy atom. The smallest absolute Gasteiger partial charge is 0.146 e. The van der Waals surface area contributed by atoms with Crippen LogP contribution in [0.2, 0.25) is 0 Å². The molecule has 0 atom stereocenters. The highest BCUT2D eigenvalue weighted by Gasteiger charge is 2.16. The third kappa shape index (κ3) is 2.31. The number of hydrogen-bond donors (Lipinski definition) is 1. The number of thiophene rings is 1. The molecule has 4 nitrogen and oxygen atoms in total. The molecule has 110 valence electrons. The van der Waals surface area contributed by atoms with E-state index in [0.29, 0.717) is 5.82 Å². The van der Waals surface area contributed by atoms with E-state index in [2.05, 4.69) is 47.4 Å². The summed E-state index contributed by atoms with van der Waals surface area (Å²) in [6, 6.07) is 4.42. The van der Waals surface area contributed by atoms with Gasteiger partial charge in [-0.15, -0.1) is 11.3 Å². The third-order valence-corrected chi connectivity index (χ3v) is 5.20. The van der Waals surface area contributed by atoms with Gasteiger partial charge in [0, 0.05) is 15.4 Å². The van der Waals surface area contributed by atoms with E-state index in [1.54, 1.807) is 0 Å². The lowest BCUT2D eigenvalue weighted by Crippen LogP contribution is -2.03. The van der Waals surface area contributed by atoms with E-state index in [0.717, 1.165) is 29.8 Å². The molecule has 5 heteroatoms. The maximum atomic E-state index is 6.10. The van der Waals surface area contributed by atoms with Gasteiger partial charge in [0.25, 0.3) is 0 Å². The van der Waals surface area contributed by atoms with Crippen LogP contribution in [0.15, 0.2) is 12.1 Å². The minimum Gasteiger partial charge on any atom is -0.383 e. The molecule has 3 aromatic rings. The van der Waals surface area contributed by atoms with Gasteiger partial charge in [-0.25, -0.2) is 9.97 Å². The summed E-state index contributed by atoms with van der Waals surface area (Å²) >= 11 is 1.87. The zero-order chi connectivity index (χ0) is 15.1. The molecule has 0 bridgehead atoms. The Balaban J connectivity index is 2.15. The van der Waals surface area contributed by atoms with E-state index < -0.39 is 0 Å². The van der Waals surface area contributed by atoms with Crippen LogP contribution in [-0.4, -0.2) is 14.5 Å². The van der Waals surface area contributed by atoms with Gasteiger partial charge in [-0.1, -0.05) is 6.92 Å². The van der Waals surface area contributed by atoms with Crippen molar-refractivity contribution in [2.75, 3.05) is 5.73 Å². The summed E-state index contributed by atoms with van der Waals surface area (Å²) < 4.78 is 2.25. The van der Waals surface area contributed by atoms with Crippen molar-refractivity contribution in [3.8, 4) is 0 Å². The zero-order valence-electron chi connectivity index (χ0n) is 12.9. The highest BCUT2D eigenvalue weighted by Crippen LogP contribution is 2.29. The first-order valence-corrected chi connectivity index (χ1v) is 8.00. The van der Waals surface area contributed by atoms with Crippen molar-refractivity contribution < 1.29 is 0 Å². The van der Waals surface area contributed by atoms with Crippen molar-refractivity contribution in [2.24, 2.45) is 0 Å². The van der Waals surface area contributed by atoms with E-state index in [1.807, 2.05) is 18.3 Å². The molecule has 0 radical (unpaired) electrons. The molecule has 0 aliphatic heterocycles. The quantitative estimate of drug-likeness (QED) is 0.804. The maximum absolute atomic E-state index is 6.10. The van der Waals surface area contributed by atoms with Crippen LogP contribution in [0.5, 0.6) is 0 Å². The second-order valence-electron chi connectivity index (χ2n) is 5.37. The predicted molar refractivity (Wildman–Crippen MR) is 89.0 cm³/mol. The topological polar surface area (TPSA) is 56.7 Å². The van der Waals surface area contributed by atoms with E-state index in [4.69, 9.17) is 5.73 Å². The van der Waals surface area contributed by atoms with E-state index in [-0.39, 0.29) is 0 Å². The van der Waals surface area contributed by atoms with Crippen molar-refractivity contribution in [2.45, 2.75) is 40.7 Å². The fourth-order valence-corrected chi connectivity index (χ4v) is 3.67. The van der Waals surface area contributed by atoms with Crippen molar-refractivity contribution in [3.05, 3.63) is 39.0 Å². The van der Waals surface area contributed by atoms with Crippen LogP contribution in [-0.2, 0) is 13.0 Å². The monoisotopic (exact) mass is 300 g/mol. The average Bonchev–Trinajstić information content (AvgIpc) is 2.98. The fraction of sp³-hybridized carbons (Fsp3) is 0.375. The lowest BCUT2D eigenvalue weighted by atomic mass is 10.2. The number of nitrogen functional groups attached to an aromatic ring is 1. The minimum absolute atomic E-state index is 0.581.